The molecule has 1 aliphatic heterocycles. The molecule has 1 atom stereocenters. The van der Waals surface area contributed by atoms with Crippen LogP contribution in [0.4, 0.5) is 0 Å². The number of hydrogen-bond acceptors (Lipinski definition) is 4. The molecule has 0 bridgehead atoms. The summed E-state index contributed by atoms with van der Waals surface area (Å²) in [5.41, 5.74) is 1.35. The Labute approximate surface area is 187 Å². The van der Waals surface area contributed by atoms with Crippen molar-refractivity contribution in [3.63, 3.8) is 0 Å². The summed E-state index contributed by atoms with van der Waals surface area (Å²) in [7, 11) is 0. The summed E-state index contributed by atoms with van der Waals surface area (Å²) < 4.78 is 12.5. The Balaban J connectivity index is 1.81. The van der Waals surface area contributed by atoms with Crippen molar-refractivity contribution in [1.82, 2.24) is 4.90 Å². The number of rotatable bonds is 6. The first-order valence-corrected chi connectivity index (χ1v) is 11.0. The lowest BCUT2D eigenvalue weighted by Gasteiger charge is -2.25. The molecule has 0 unspecified atom stereocenters. The Bertz CT molecular complexity index is 1160. The van der Waals surface area contributed by atoms with Crippen molar-refractivity contribution in [3.8, 4) is 0 Å². The second-order valence-electron chi connectivity index (χ2n) is 7.54. The summed E-state index contributed by atoms with van der Waals surface area (Å²) in [5.74, 6) is -0.177. The summed E-state index contributed by atoms with van der Waals surface area (Å²) in [6, 6.07) is 12.0. The van der Waals surface area contributed by atoms with E-state index in [1.807, 2.05) is 38.1 Å². The fraction of sp³-hybridized carbons (Fsp3) is 0.304. The first-order chi connectivity index (χ1) is 14.4. The minimum atomic E-state index is -0.515. The maximum atomic E-state index is 13.4. The van der Waals surface area contributed by atoms with Crippen molar-refractivity contribution in [2.45, 2.75) is 32.4 Å². The van der Waals surface area contributed by atoms with Gasteiger partial charge in [0.05, 0.1) is 23.1 Å². The molecular formula is C23H21BrClNO4. The van der Waals surface area contributed by atoms with Crippen LogP contribution in [0.15, 0.2) is 56.1 Å². The van der Waals surface area contributed by atoms with Gasteiger partial charge in [0, 0.05) is 22.6 Å². The molecule has 0 radical (unpaired) electrons. The number of benzene rings is 2. The van der Waals surface area contributed by atoms with Crippen LogP contribution in [-0.2, 0) is 4.74 Å². The van der Waals surface area contributed by atoms with E-state index in [0.29, 0.717) is 41.1 Å². The number of ether oxygens (including phenoxy) is 1. The van der Waals surface area contributed by atoms with E-state index in [9.17, 15) is 9.59 Å². The highest BCUT2D eigenvalue weighted by Gasteiger charge is 2.42. The topological polar surface area (TPSA) is 59.8 Å². The van der Waals surface area contributed by atoms with Crippen LogP contribution in [0.2, 0.25) is 5.02 Å². The number of hydrogen-bond donors (Lipinski definition) is 0. The van der Waals surface area contributed by atoms with E-state index in [1.165, 1.54) is 0 Å². The van der Waals surface area contributed by atoms with Crippen molar-refractivity contribution < 1.29 is 13.9 Å². The second kappa shape index (κ2) is 8.53. The van der Waals surface area contributed by atoms with Crippen LogP contribution < -0.4 is 5.43 Å². The molecule has 0 aliphatic carbocycles. The van der Waals surface area contributed by atoms with Crippen molar-refractivity contribution in [3.05, 3.63) is 79.1 Å². The number of nitrogens with zero attached hydrogens (tertiary/aromatic N) is 1. The van der Waals surface area contributed by atoms with Gasteiger partial charge in [-0.3, -0.25) is 9.59 Å². The average molecular weight is 491 g/mol. The van der Waals surface area contributed by atoms with Crippen molar-refractivity contribution in [2.75, 3.05) is 13.2 Å². The zero-order valence-electron chi connectivity index (χ0n) is 16.7. The van der Waals surface area contributed by atoms with E-state index in [4.69, 9.17) is 20.8 Å². The SMILES string of the molecule is CC(C)OCCCN1C(=O)c2oc3ccc(Cl)cc3c(=O)c2[C@@H]1c1ccc(Br)cc1. The molecule has 0 fully saturated rings. The maximum absolute atomic E-state index is 13.4. The second-order valence-corrected chi connectivity index (χ2v) is 8.89. The van der Waals surface area contributed by atoms with Gasteiger partial charge in [0.15, 0.2) is 5.43 Å². The third kappa shape index (κ3) is 3.92. The van der Waals surface area contributed by atoms with Gasteiger partial charge in [0.2, 0.25) is 5.76 Å². The quantitative estimate of drug-likeness (QED) is 0.424. The van der Waals surface area contributed by atoms with E-state index in [-0.39, 0.29) is 23.2 Å². The molecule has 3 aromatic rings. The molecule has 156 valence electrons. The van der Waals surface area contributed by atoms with Crippen LogP contribution in [0.3, 0.4) is 0 Å². The molecule has 2 aromatic carbocycles. The lowest BCUT2D eigenvalue weighted by Crippen LogP contribution is -2.31. The molecule has 30 heavy (non-hydrogen) atoms. The molecule has 1 amide bonds. The number of carbonyl (C=O) groups is 1. The fourth-order valence-corrected chi connectivity index (χ4v) is 4.21. The van der Waals surface area contributed by atoms with Crippen LogP contribution >= 0.6 is 27.5 Å². The van der Waals surface area contributed by atoms with Gasteiger partial charge in [-0.05, 0) is 56.2 Å². The number of halogens is 2. The Hall–Kier alpha value is -2.15. The van der Waals surface area contributed by atoms with Crippen molar-refractivity contribution >= 4 is 44.4 Å². The smallest absolute Gasteiger partial charge is 0.290 e. The van der Waals surface area contributed by atoms with Crippen LogP contribution in [0.25, 0.3) is 11.0 Å². The lowest BCUT2D eigenvalue weighted by atomic mass is 9.98. The third-order valence-electron chi connectivity index (χ3n) is 5.11. The van der Waals surface area contributed by atoms with Gasteiger partial charge in [0.1, 0.15) is 5.58 Å². The van der Waals surface area contributed by atoms with Gasteiger partial charge in [-0.25, -0.2) is 0 Å². The summed E-state index contributed by atoms with van der Waals surface area (Å²) >= 11 is 9.54. The number of carbonyl (C=O) groups excluding carboxylic acids is 1. The van der Waals surface area contributed by atoms with Crippen LogP contribution in [0, 0.1) is 0 Å². The van der Waals surface area contributed by atoms with Gasteiger partial charge < -0.3 is 14.1 Å². The normalized spacial score (nSPS) is 16.0. The first-order valence-electron chi connectivity index (χ1n) is 9.81. The maximum Gasteiger partial charge on any atom is 0.290 e. The molecule has 0 saturated heterocycles. The van der Waals surface area contributed by atoms with Gasteiger partial charge in [-0.15, -0.1) is 0 Å². The van der Waals surface area contributed by atoms with Crippen molar-refractivity contribution in [2.24, 2.45) is 0 Å². The van der Waals surface area contributed by atoms with Gasteiger partial charge in [0.25, 0.3) is 5.91 Å². The Morgan fingerprint density at radius 1 is 1.17 bits per heavy atom. The average Bonchev–Trinajstić information content (AvgIpc) is 2.99. The number of amides is 1. The van der Waals surface area contributed by atoms with E-state index < -0.39 is 6.04 Å². The summed E-state index contributed by atoms with van der Waals surface area (Å²) in [4.78, 5) is 28.4. The highest BCUT2D eigenvalue weighted by Crippen LogP contribution is 2.38. The van der Waals surface area contributed by atoms with E-state index in [2.05, 4.69) is 15.9 Å². The molecule has 1 aromatic heterocycles. The molecule has 1 aliphatic rings. The predicted octanol–water partition coefficient (Wildman–Crippen LogP) is 5.57. The molecule has 0 spiro atoms. The Morgan fingerprint density at radius 2 is 1.90 bits per heavy atom. The first kappa shape index (κ1) is 21.1. The standard InChI is InChI=1S/C23H21BrClNO4/c1-13(2)29-11-3-10-26-20(14-4-6-15(24)7-5-14)19-21(27)17-12-16(25)8-9-18(17)30-22(19)23(26)28/h4-9,12-13,20H,3,10-11H2,1-2H3/t20-/m0/s1. The van der Waals surface area contributed by atoms with Crippen LogP contribution in [-0.4, -0.2) is 30.1 Å². The molecule has 4 rings (SSSR count). The largest absolute Gasteiger partial charge is 0.450 e. The minimum Gasteiger partial charge on any atom is -0.450 e. The Kier molecular flexibility index (Phi) is 6.00. The van der Waals surface area contributed by atoms with Crippen LogP contribution in [0.1, 0.15) is 48.0 Å². The summed E-state index contributed by atoms with van der Waals surface area (Å²) in [6.45, 7) is 4.93. The fourth-order valence-electron chi connectivity index (χ4n) is 3.77. The zero-order chi connectivity index (χ0) is 21.4. The number of fused-ring (bicyclic) bond motifs is 2. The van der Waals surface area contributed by atoms with Gasteiger partial charge in [-0.1, -0.05) is 39.7 Å². The summed E-state index contributed by atoms with van der Waals surface area (Å²) in [5, 5.41) is 0.822. The van der Waals surface area contributed by atoms with Crippen LogP contribution in [0.5, 0.6) is 0 Å². The van der Waals surface area contributed by atoms with Gasteiger partial charge >= 0.3 is 0 Å². The molecule has 5 nitrogen and oxygen atoms in total. The minimum absolute atomic E-state index is 0.104. The highest BCUT2D eigenvalue weighted by atomic mass is 79.9. The van der Waals surface area contributed by atoms with E-state index >= 15 is 0 Å². The molecule has 0 saturated carbocycles. The highest BCUT2D eigenvalue weighted by molar-refractivity contribution is 9.10. The summed E-state index contributed by atoms with van der Waals surface area (Å²) in [6.07, 6.45) is 0.779. The van der Waals surface area contributed by atoms with Crippen molar-refractivity contribution in [1.29, 1.82) is 0 Å². The lowest BCUT2D eigenvalue weighted by molar-refractivity contribution is 0.0593. The Morgan fingerprint density at radius 3 is 2.60 bits per heavy atom. The predicted molar refractivity (Wildman–Crippen MR) is 120 cm³/mol. The molecular weight excluding hydrogens is 470 g/mol. The zero-order valence-corrected chi connectivity index (χ0v) is 19.0. The molecule has 0 N–H and O–H groups in total. The third-order valence-corrected chi connectivity index (χ3v) is 5.87. The van der Waals surface area contributed by atoms with E-state index in [1.54, 1.807) is 23.1 Å². The van der Waals surface area contributed by atoms with E-state index in [0.717, 1.165) is 10.0 Å². The van der Waals surface area contributed by atoms with Gasteiger partial charge in [-0.2, -0.15) is 0 Å². The molecule has 2 heterocycles. The monoisotopic (exact) mass is 489 g/mol. The molecule has 7 heteroatoms.